The van der Waals surface area contributed by atoms with Crippen LogP contribution in [0.4, 0.5) is 0 Å². The molecule has 0 radical (unpaired) electrons. The molecule has 16 heavy (non-hydrogen) atoms. The normalized spacial score (nSPS) is 19.1. The molecule has 3 heteroatoms. The monoisotopic (exact) mass is 241 g/mol. The van der Waals surface area contributed by atoms with Gasteiger partial charge in [0.1, 0.15) is 5.75 Å². The first kappa shape index (κ1) is 13.3. The van der Waals surface area contributed by atoms with Crippen LogP contribution in [0.25, 0.3) is 0 Å². The number of benzene rings is 1. The number of hydrogen-bond acceptors (Lipinski definition) is 2. The summed E-state index contributed by atoms with van der Waals surface area (Å²) in [4.78, 5) is 2.26. The Morgan fingerprint density at radius 2 is 2.06 bits per heavy atom. The van der Waals surface area contributed by atoms with Crippen molar-refractivity contribution < 1.29 is 5.11 Å². The van der Waals surface area contributed by atoms with Crippen LogP contribution in [0.15, 0.2) is 18.2 Å². The summed E-state index contributed by atoms with van der Waals surface area (Å²) in [6.07, 6.45) is 3.52. The van der Waals surface area contributed by atoms with Gasteiger partial charge in [0.15, 0.2) is 0 Å². The Hall–Kier alpha value is -0.730. The van der Waals surface area contributed by atoms with Crippen LogP contribution >= 0.6 is 12.4 Å². The number of phenolic OH excluding ortho intramolecular Hbond substituents is 1. The standard InChI is InChI=1S/C13H19NO.ClH/c1-14(2)9-10-3-4-12-8-13(15)6-5-11(12)7-10;/h5-6,8,10,15H,3-4,7,9H2,1-2H3;1H. The van der Waals surface area contributed by atoms with Gasteiger partial charge in [0.25, 0.3) is 0 Å². The fraction of sp³-hybridized carbons (Fsp3) is 0.538. The predicted molar refractivity (Wildman–Crippen MR) is 69.4 cm³/mol. The van der Waals surface area contributed by atoms with Crippen LogP contribution in [-0.4, -0.2) is 30.6 Å². The molecule has 1 N–H and O–H groups in total. The van der Waals surface area contributed by atoms with Gasteiger partial charge in [0.2, 0.25) is 0 Å². The highest BCUT2D eigenvalue weighted by molar-refractivity contribution is 5.85. The summed E-state index contributed by atoms with van der Waals surface area (Å²) in [5.41, 5.74) is 2.76. The lowest BCUT2D eigenvalue weighted by atomic mass is 9.83. The lowest BCUT2D eigenvalue weighted by molar-refractivity contribution is 0.302. The second kappa shape index (κ2) is 5.55. The number of aryl methyl sites for hydroxylation is 1. The Morgan fingerprint density at radius 1 is 1.31 bits per heavy atom. The quantitative estimate of drug-likeness (QED) is 0.860. The van der Waals surface area contributed by atoms with Crippen molar-refractivity contribution in [2.45, 2.75) is 19.3 Å². The molecule has 1 aliphatic rings. The molecule has 1 aliphatic carbocycles. The van der Waals surface area contributed by atoms with Gasteiger partial charge in [-0.05, 0) is 62.5 Å². The van der Waals surface area contributed by atoms with E-state index in [-0.39, 0.29) is 12.4 Å². The lowest BCUT2D eigenvalue weighted by Crippen LogP contribution is -2.26. The second-order valence-corrected chi connectivity index (χ2v) is 4.82. The number of halogens is 1. The van der Waals surface area contributed by atoms with E-state index in [1.165, 1.54) is 24.1 Å². The molecule has 0 aromatic heterocycles. The molecule has 0 heterocycles. The Bertz CT molecular complexity index is 352. The van der Waals surface area contributed by atoms with Gasteiger partial charge in [-0.2, -0.15) is 0 Å². The van der Waals surface area contributed by atoms with Crippen LogP contribution in [-0.2, 0) is 12.8 Å². The van der Waals surface area contributed by atoms with Gasteiger partial charge in [0.05, 0.1) is 0 Å². The molecule has 1 aromatic rings. The molecule has 2 nitrogen and oxygen atoms in total. The average molecular weight is 242 g/mol. The zero-order valence-corrected chi connectivity index (χ0v) is 10.8. The van der Waals surface area contributed by atoms with Gasteiger partial charge in [-0.1, -0.05) is 6.07 Å². The summed E-state index contributed by atoms with van der Waals surface area (Å²) in [6, 6.07) is 5.80. The van der Waals surface area contributed by atoms with E-state index in [0.717, 1.165) is 18.8 Å². The van der Waals surface area contributed by atoms with Crippen molar-refractivity contribution in [3.63, 3.8) is 0 Å². The van der Waals surface area contributed by atoms with E-state index in [1.54, 1.807) is 6.07 Å². The molecule has 1 unspecified atom stereocenters. The van der Waals surface area contributed by atoms with E-state index in [2.05, 4.69) is 25.1 Å². The molecule has 2 rings (SSSR count). The predicted octanol–water partition coefficient (Wildman–Crippen LogP) is 2.48. The first-order valence-electron chi connectivity index (χ1n) is 5.60. The minimum Gasteiger partial charge on any atom is -0.508 e. The van der Waals surface area contributed by atoms with Gasteiger partial charge < -0.3 is 10.0 Å². The Morgan fingerprint density at radius 3 is 2.75 bits per heavy atom. The first-order chi connectivity index (χ1) is 7.15. The Balaban J connectivity index is 0.00000128. The Kier molecular flexibility index (Phi) is 4.63. The average Bonchev–Trinajstić information content (AvgIpc) is 2.17. The summed E-state index contributed by atoms with van der Waals surface area (Å²) >= 11 is 0. The number of hydrogen-bond donors (Lipinski definition) is 1. The molecule has 1 atom stereocenters. The summed E-state index contributed by atoms with van der Waals surface area (Å²) in [7, 11) is 4.26. The maximum Gasteiger partial charge on any atom is 0.115 e. The van der Waals surface area contributed by atoms with E-state index in [4.69, 9.17) is 0 Å². The summed E-state index contributed by atoms with van der Waals surface area (Å²) < 4.78 is 0. The summed E-state index contributed by atoms with van der Waals surface area (Å²) in [5, 5.41) is 9.39. The van der Waals surface area contributed by atoms with Crippen molar-refractivity contribution in [2.75, 3.05) is 20.6 Å². The molecule has 0 aliphatic heterocycles. The van der Waals surface area contributed by atoms with Crippen LogP contribution in [0.2, 0.25) is 0 Å². The molecule has 1 aromatic carbocycles. The Labute approximate surface area is 104 Å². The van der Waals surface area contributed by atoms with Gasteiger partial charge >= 0.3 is 0 Å². The largest absolute Gasteiger partial charge is 0.508 e. The second-order valence-electron chi connectivity index (χ2n) is 4.82. The van der Waals surface area contributed by atoms with Crippen molar-refractivity contribution in [1.82, 2.24) is 4.90 Å². The molecular formula is C13H20ClNO. The summed E-state index contributed by atoms with van der Waals surface area (Å²) in [6.45, 7) is 1.17. The van der Waals surface area contributed by atoms with E-state index in [1.807, 2.05) is 6.07 Å². The molecule has 0 saturated carbocycles. The molecule has 0 bridgehead atoms. The van der Waals surface area contributed by atoms with E-state index in [0.29, 0.717) is 5.75 Å². The molecule has 0 spiro atoms. The summed E-state index contributed by atoms with van der Waals surface area (Å²) in [5.74, 6) is 1.18. The fourth-order valence-electron chi connectivity index (χ4n) is 2.49. The third kappa shape index (κ3) is 3.13. The van der Waals surface area contributed by atoms with Gasteiger partial charge in [-0.3, -0.25) is 0 Å². The van der Waals surface area contributed by atoms with Gasteiger partial charge in [-0.15, -0.1) is 12.4 Å². The van der Waals surface area contributed by atoms with Crippen LogP contribution in [0.1, 0.15) is 17.5 Å². The molecule has 0 saturated heterocycles. The fourth-order valence-corrected chi connectivity index (χ4v) is 2.49. The lowest BCUT2D eigenvalue weighted by Gasteiger charge is -2.27. The smallest absolute Gasteiger partial charge is 0.115 e. The highest BCUT2D eigenvalue weighted by atomic mass is 35.5. The van der Waals surface area contributed by atoms with Crippen molar-refractivity contribution >= 4 is 12.4 Å². The van der Waals surface area contributed by atoms with Crippen molar-refractivity contribution in [3.05, 3.63) is 29.3 Å². The van der Waals surface area contributed by atoms with Crippen molar-refractivity contribution in [2.24, 2.45) is 5.92 Å². The number of rotatable bonds is 2. The SMILES string of the molecule is CN(C)CC1CCc2cc(O)ccc2C1.Cl. The van der Waals surface area contributed by atoms with Crippen LogP contribution in [0, 0.1) is 5.92 Å². The minimum absolute atomic E-state index is 0. The molecule has 0 fully saturated rings. The highest BCUT2D eigenvalue weighted by Crippen LogP contribution is 2.28. The maximum absolute atomic E-state index is 9.39. The molecular weight excluding hydrogens is 222 g/mol. The van der Waals surface area contributed by atoms with Gasteiger partial charge in [-0.25, -0.2) is 0 Å². The van der Waals surface area contributed by atoms with Gasteiger partial charge in [0, 0.05) is 6.54 Å². The van der Waals surface area contributed by atoms with Crippen LogP contribution in [0.3, 0.4) is 0 Å². The van der Waals surface area contributed by atoms with Crippen molar-refractivity contribution in [1.29, 1.82) is 0 Å². The number of nitrogens with zero attached hydrogens (tertiary/aromatic N) is 1. The minimum atomic E-state index is 0. The maximum atomic E-state index is 9.39. The topological polar surface area (TPSA) is 23.5 Å². The number of aromatic hydroxyl groups is 1. The van der Waals surface area contributed by atoms with Crippen LogP contribution < -0.4 is 0 Å². The number of fused-ring (bicyclic) bond motifs is 1. The van der Waals surface area contributed by atoms with E-state index < -0.39 is 0 Å². The van der Waals surface area contributed by atoms with Crippen molar-refractivity contribution in [3.8, 4) is 5.75 Å². The zero-order valence-electron chi connectivity index (χ0n) is 9.94. The van der Waals surface area contributed by atoms with E-state index >= 15 is 0 Å². The van der Waals surface area contributed by atoms with E-state index in [9.17, 15) is 5.11 Å². The first-order valence-corrected chi connectivity index (χ1v) is 5.60. The molecule has 90 valence electrons. The number of phenols is 1. The third-order valence-corrected chi connectivity index (χ3v) is 3.14. The van der Waals surface area contributed by atoms with Crippen LogP contribution in [0.5, 0.6) is 5.75 Å². The molecule has 0 amide bonds. The third-order valence-electron chi connectivity index (χ3n) is 3.14. The zero-order chi connectivity index (χ0) is 10.8. The highest BCUT2D eigenvalue weighted by Gasteiger charge is 2.19.